The van der Waals surface area contributed by atoms with Gasteiger partial charge in [0.1, 0.15) is 11.9 Å². The summed E-state index contributed by atoms with van der Waals surface area (Å²) in [4.78, 5) is 47.7. The Kier molecular flexibility index (Phi) is 11.5. The molecule has 2 amide bonds. The minimum absolute atomic E-state index is 0.124. The van der Waals surface area contributed by atoms with Crippen molar-refractivity contribution in [2.24, 2.45) is 13.0 Å². The highest BCUT2D eigenvalue weighted by atomic mass is 16.5. The number of amides is 2. The number of aromatic nitrogens is 2. The van der Waals surface area contributed by atoms with E-state index < -0.39 is 12.1 Å². The number of morpholine rings is 1. The summed E-state index contributed by atoms with van der Waals surface area (Å²) in [5, 5.41) is 9.42. The topological polar surface area (TPSA) is 145 Å². The second-order valence-electron chi connectivity index (χ2n) is 13.8. The molecular formula is C40H50N6O7. The zero-order valence-corrected chi connectivity index (χ0v) is 31.6. The fraction of sp³-hybridized carbons (Fsp3) is 0.450. The Labute approximate surface area is 310 Å². The Morgan fingerprint density at radius 2 is 1.77 bits per heavy atom. The van der Waals surface area contributed by atoms with Gasteiger partial charge in [-0.05, 0) is 71.8 Å². The number of hydrogen-bond acceptors (Lipinski definition) is 10. The Bertz CT molecular complexity index is 2060. The van der Waals surface area contributed by atoms with Crippen LogP contribution in [0.5, 0.6) is 17.2 Å². The van der Waals surface area contributed by atoms with E-state index in [-0.39, 0.29) is 28.8 Å². The number of rotatable bonds is 12. The molecule has 1 aliphatic carbocycles. The third-order valence-corrected chi connectivity index (χ3v) is 10.4. The van der Waals surface area contributed by atoms with Crippen molar-refractivity contribution >= 4 is 34.2 Å². The van der Waals surface area contributed by atoms with E-state index in [1.165, 1.54) is 6.92 Å². The van der Waals surface area contributed by atoms with Gasteiger partial charge in [-0.15, -0.1) is 0 Å². The molecule has 0 bridgehead atoms. The van der Waals surface area contributed by atoms with Gasteiger partial charge in [0.25, 0.3) is 0 Å². The van der Waals surface area contributed by atoms with Gasteiger partial charge < -0.3 is 39.5 Å². The highest BCUT2D eigenvalue weighted by Gasteiger charge is 2.31. The summed E-state index contributed by atoms with van der Waals surface area (Å²) >= 11 is 0. The number of aryl methyl sites for hydroxylation is 2. The smallest absolute Gasteiger partial charge is 0.247 e. The molecule has 53 heavy (non-hydrogen) atoms. The van der Waals surface area contributed by atoms with Crippen molar-refractivity contribution < 1.29 is 28.5 Å². The third kappa shape index (κ3) is 7.81. The number of imidazole rings is 1. The summed E-state index contributed by atoms with van der Waals surface area (Å²) < 4.78 is 24.9. The van der Waals surface area contributed by atoms with Crippen molar-refractivity contribution in [3.05, 3.63) is 69.6 Å². The van der Waals surface area contributed by atoms with Crippen molar-refractivity contribution in [1.82, 2.24) is 19.8 Å². The van der Waals surface area contributed by atoms with E-state index in [2.05, 4.69) is 25.4 Å². The molecule has 2 aliphatic rings. The zero-order chi connectivity index (χ0) is 37.8. The summed E-state index contributed by atoms with van der Waals surface area (Å²) in [5.41, 5.74) is 5.36. The summed E-state index contributed by atoms with van der Waals surface area (Å²) in [7, 11) is 6.69. The molecule has 1 fully saturated rings. The molecule has 282 valence electrons. The van der Waals surface area contributed by atoms with Gasteiger partial charge >= 0.3 is 0 Å². The van der Waals surface area contributed by atoms with Crippen molar-refractivity contribution in [3.63, 3.8) is 0 Å². The van der Waals surface area contributed by atoms with E-state index in [0.29, 0.717) is 66.5 Å². The number of nitrogens with one attached hydrogen (secondary N) is 3. The number of carbonyl (C=O) groups excluding carboxylic acids is 2. The van der Waals surface area contributed by atoms with Crippen molar-refractivity contribution in [2.75, 3.05) is 58.3 Å². The molecule has 3 aromatic carbocycles. The molecule has 4 aromatic rings. The summed E-state index contributed by atoms with van der Waals surface area (Å²) in [6.07, 6.45) is 1.82. The Morgan fingerprint density at radius 1 is 1.02 bits per heavy atom. The number of hydrogen-bond donors (Lipinski definition) is 3. The molecule has 1 saturated heterocycles. The third-order valence-electron chi connectivity index (χ3n) is 10.4. The maximum atomic E-state index is 14.1. The standard InChI is InChI=1S/C40H50N6O7/c1-8-23(2)37(40(49)42-26-10-14-32-31(20-26)43-35(45(32)4)22-46-15-17-53-18-16-46)44-30-13-11-27-28(21-33(30)48)29(41-24(3)47)12-9-25-19-34(50-5)38(51-6)39(52-7)36(25)27/h10-11,13-14,19-21,23,29,37H,8-9,12,15-18,22H2,1-7H3,(H,41,47)(H,42,49)(H,44,48). The van der Waals surface area contributed by atoms with Crippen LogP contribution in [0.15, 0.2) is 47.3 Å². The normalized spacial score (nSPS) is 16.8. The van der Waals surface area contributed by atoms with Crippen LogP contribution in [0.4, 0.5) is 11.4 Å². The van der Waals surface area contributed by atoms with Gasteiger partial charge in [0.15, 0.2) is 11.5 Å². The number of fused-ring (bicyclic) bond motifs is 4. The van der Waals surface area contributed by atoms with Crippen LogP contribution in [-0.2, 0) is 34.3 Å². The first-order valence-electron chi connectivity index (χ1n) is 18.2. The number of benzene rings is 2. The molecule has 13 heteroatoms. The largest absolute Gasteiger partial charge is 0.493 e. The number of ether oxygens (including phenoxy) is 4. The number of anilines is 2. The second kappa shape index (κ2) is 16.3. The summed E-state index contributed by atoms with van der Waals surface area (Å²) in [6, 6.07) is 11.6. The van der Waals surface area contributed by atoms with Gasteiger partial charge in [-0.3, -0.25) is 19.3 Å². The average molecular weight is 727 g/mol. The molecule has 0 spiro atoms. The minimum atomic E-state index is -0.733. The van der Waals surface area contributed by atoms with Crippen LogP contribution in [-0.4, -0.2) is 79.9 Å². The van der Waals surface area contributed by atoms with E-state index >= 15 is 0 Å². The monoisotopic (exact) mass is 726 g/mol. The molecule has 3 unspecified atom stereocenters. The average Bonchev–Trinajstić information content (AvgIpc) is 3.26. The first kappa shape index (κ1) is 37.6. The van der Waals surface area contributed by atoms with Crippen molar-refractivity contribution in [1.29, 1.82) is 0 Å². The predicted octanol–water partition coefficient (Wildman–Crippen LogP) is 5.05. The van der Waals surface area contributed by atoms with Gasteiger partial charge in [0.2, 0.25) is 23.0 Å². The number of methoxy groups -OCH3 is 3. The molecule has 3 N–H and O–H groups in total. The molecule has 1 aromatic heterocycles. The minimum Gasteiger partial charge on any atom is -0.493 e. The van der Waals surface area contributed by atoms with Crippen LogP contribution < -0.4 is 35.6 Å². The lowest BCUT2D eigenvalue weighted by atomic mass is 9.95. The maximum absolute atomic E-state index is 14.1. The fourth-order valence-electron chi connectivity index (χ4n) is 7.34. The van der Waals surface area contributed by atoms with Crippen LogP contribution in [0.1, 0.15) is 56.6 Å². The zero-order valence-electron chi connectivity index (χ0n) is 31.6. The first-order chi connectivity index (χ1) is 25.6. The highest BCUT2D eigenvalue weighted by Crippen LogP contribution is 2.50. The van der Waals surface area contributed by atoms with Gasteiger partial charge in [-0.1, -0.05) is 26.3 Å². The van der Waals surface area contributed by atoms with Crippen molar-refractivity contribution in [3.8, 4) is 28.4 Å². The van der Waals surface area contributed by atoms with Gasteiger partial charge in [-0.25, -0.2) is 4.98 Å². The lowest BCUT2D eigenvalue weighted by Gasteiger charge is -2.26. The maximum Gasteiger partial charge on any atom is 0.247 e. The van der Waals surface area contributed by atoms with E-state index in [0.717, 1.165) is 47.6 Å². The van der Waals surface area contributed by atoms with E-state index in [4.69, 9.17) is 23.9 Å². The molecule has 3 atom stereocenters. The number of nitrogens with zero attached hydrogens (tertiary/aromatic N) is 3. The van der Waals surface area contributed by atoms with Gasteiger partial charge in [0, 0.05) is 38.3 Å². The molecular weight excluding hydrogens is 676 g/mol. The highest BCUT2D eigenvalue weighted by molar-refractivity contribution is 5.98. The Balaban J connectivity index is 1.34. The predicted molar refractivity (Wildman–Crippen MR) is 205 cm³/mol. The van der Waals surface area contributed by atoms with E-state index in [9.17, 15) is 14.4 Å². The Morgan fingerprint density at radius 3 is 2.45 bits per heavy atom. The van der Waals surface area contributed by atoms with Crippen LogP contribution in [0.25, 0.3) is 22.2 Å². The van der Waals surface area contributed by atoms with E-state index in [1.54, 1.807) is 33.5 Å². The van der Waals surface area contributed by atoms with Crippen molar-refractivity contribution in [2.45, 2.75) is 58.7 Å². The SMILES string of the molecule is CCC(C)C(Nc1ccc2c(cc1=O)C(NC(C)=O)CCc1cc(OC)c(OC)c(OC)c1-2)C(=O)Nc1ccc2c(c1)nc(CN1CCOCC1)n2C. The summed E-state index contributed by atoms with van der Waals surface area (Å²) in [5.74, 6) is 1.76. The fourth-order valence-corrected chi connectivity index (χ4v) is 7.34. The molecule has 2 heterocycles. The lowest BCUT2D eigenvalue weighted by Crippen LogP contribution is -2.40. The molecule has 1 aliphatic heterocycles. The second-order valence-corrected chi connectivity index (χ2v) is 13.8. The van der Waals surface area contributed by atoms with E-state index in [1.807, 2.05) is 51.2 Å². The molecule has 0 saturated carbocycles. The van der Waals surface area contributed by atoms with Crippen LogP contribution in [0.3, 0.4) is 0 Å². The lowest BCUT2D eigenvalue weighted by molar-refractivity contribution is -0.120. The van der Waals surface area contributed by atoms with Crippen LogP contribution in [0.2, 0.25) is 0 Å². The number of carbonyl (C=O) groups is 2. The van der Waals surface area contributed by atoms with Gasteiger partial charge in [-0.2, -0.15) is 0 Å². The molecule has 13 nitrogen and oxygen atoms in total. The van der Waals surface area contributed by atoms with Gasteiger partial charge in [0.05, 0.1) is 63.9 Å². The molecule has 6 rings (SSSR count). The van der Waals surface area contributed by atoms with Crippen LogP contribution in [0, 0.1) is 5.92 Å². The first-order valence-corrected chi connectivity index (χ1v) is 18.2. The molecule has 0 radical (unpaired) electrons. The Hall–Kier alpha value is -5.14. The van der Waals surface area contributed by atoms with Crippen LogP contribution >= 0.6 is 0 Å². The summed E-state index contributed by atoms with van der Waals surface area (Å²) in [6.45, 7) is 9.33. The quantitative estimate of drug-likeness (QED) is 0.182.